The minimum absolute atomic E-state index is 0.313. The molecule has 3 aromatic rings. The van der Waals surface area contributed by atoms with E-state index in [1.54, 1.807) is 0 Å². The fourth-order valence-electron chi connectivity index (χ4n) is 5.97. The van der Waals surface area contributed by atoms with Gasteiger partial charge in [-0.3, -0.25) is 0 Å². The summed E-state index contributed by atoms with van der Waals surface area (Å²) < 4.78 is 0. The summed E-state index contributed by atoms with van der Waals surface area (Å²) >= 11 is 0. The van der Waals surface area contributed by atoms with Gasteiger partial charge in [0.2, 0.25) is 0 Å². The Morgan fingerprint density at radius 3 is 2.35 bits per heavy atom. The second kappa shape index (κ2) is 11.1. The number of hydrogen-bond acceptors (Lipinski definition) is 3. The van der Waals surface area contributed by atoms with E-state index < -0.39 is 0 Å². The van der Waals surface area contributed by atoms with Crippen molar-refractivity contribution < 1.29 is 5.11 Å². The van der Waals surface area contributed by atoms with Gasteiger partial charge in [0.1, 0.15) is 5.75 Å². The highest BCUT2D eigenvalue weighted by Crippen LogP contribution is 2.47. The van der Waals surface area contributed by atoms with Crippen molar-refractivity contribution in [1.82, 2.24) is 5.32 Å². The van der Waals surface area contributed by atoms with Crippen molar-refractivity contribution in [2.24, 2.45) is 0 Å². The first-order valence-corrected chi connectivity index (χ1v) is 13.2. The molecule has 0 aromatic heterocycles. The Hall–Kier alpha value is -2.78. The van der Waals surface area contributed by atoms with Gasteiger partial charge >= 0.3 is 0 Å². The molecule has 3 heteroatoms. The number of aryl methyl sites for hydroxylation is 1. The van der Waals surface area contributed by atoms with Crippen LogP contribution in [-0.4, -0.2) is 31.3 Å². The molecule has 178 valence electrons. The van der Waals surface area contributed by atoms with E-state index in [2.05, 4.69) is 70.9 Å². The normalized spacial score (nSPS) is 21.9. The van der Waals surface area contributed by atoms with Gasteiger partial charge in [0, 0.05) is 24.7 Å². The average Bonchev–Trinajstić information content (AvgIpc) is 2.94. The molecule has 1 fully saturated rings. The summed E-state index contributed by atoms with van der Waals surface area (Å²) in [5.41, 5.74) is 6.80. The van der Waals surface area contributed by atoms with E-state index in [4.69, 9.17) is 0 Å². The van der Waals surface area contributed by atoms with Crippen molar-refractivity contribution >= 4 is 5.69 Å². The molecule has 34 heavy (non-hydrogen) atoms. The second-order valence-corrected chi connectivity index (χ2v) is 10.0. The van der Waals surface area contributed by atoms with Crippen LogP contribution in [0.3, 0.4) is 0 Å². The Morgan fingerprint density at radius 1 is 0.735 bits per heavy atom. The Bertz CT molecular complexity index is 1030. The lowest BCUT2D eigenvalue weighted by Crippen LogP contribution is -2.28. The second-order valence-electron chi connectivity index (χ2n) is 10.0. The molecular weight excluding hydrogens is 416 g/mol. The lowest BCUT2D eigenvalue weighted by molar-refractivity contribution is 0.469. The number of phenols is 1. The molecule has 3 aromatic carbocycles. The minimum atomic E-state index is 0.313. The Balaban J connectivity index is 1.43. The molecule has 0 amide bonds. The van der Waals surface area contributed by atoms with Gasteiger partial charge in [-0.1, -0.05) is 61.4 Å². The average molecular weight is 455 g/mol. The number of fused-ring (bicyclic) bond motifs is 1. The Kier molecular flexibility index (Phi) is 7.50. The fourth-order valence-corrected chi connectivity index (χ4v) is 5.97. The van der Waals surface area contributed by atoms with Crippen LogP contribution < -0.4 is 10.2 Å². The minimum Gasteiger partial charge on any atom is -0.508 e. The van der Waals surface area contributed by atoms with Gasteiger partial charge in [0.25, 0.3) is 0 Å². The predicted octanol–water partition coefficient (Wildman–Crippen LogP) is 6.61. The zero-order chi connectivity index (χ0) is 23.2. The standard InChI is InChI=1S/C31H38N2O/c34-28-16-18-30-26(23-28)13-17-29(24-9-4-3-5-10-24)31(30)25-11-14-27(15-12-25)33-21-7-2-1-6-19-32-20-8-22-33/h3-5,9-12,14-16,18,23,29,31-32,34H,1-2,6-8,13,17,19-22H2/t29-,31+/m1/s1. The first-order valence-electron chi connectivity index (χ1n) is 13.2. The molecule has 2 N–H and O–H groups in total. The number of aromatic hydroxyl groups is 1. The number of anilines is 1. The van der Waals surface area contributed by atoms with E-state index in [1.165, 1.54) is 60.0 Å². The first kappa shape index (κ1) is 23.0. The molecule has 0 spiro atoms. The summed E-state index contributed by atoms with van der Waals surface area (Å²) in [4.78, 5) is 2.58. The maximum atomic E-state index is 10.1. The lowest BCUT2D eigenvalue weighted by atomic mass is 9.69. The molecule has 0 bridgehead atoms. The molecule has 1 saturated heterocycles. The van der Waals surface area contributed by atoms with Crippen LogP contribution in [0.5, 0.6) is 5.75 Å². The summed E-state index contributed by atoms with van der Waals surface area (Å²) in [7, 11) is 0. The van der Waals surface area contributed by atoms with Gasteiger partial charge in [-0.15, -0.1) is 0 Å². The van der Waals surface area contributed by atoms with Crippen molar-refractivity contribution in [1.29, 1.82) is 0 Å². The number of phenolic OH excluding ortho intramolecular Hbond substituents is 1. The Morgan fingerprint density at radius 2 is 1.50 bits per heavy atom. The molecule has 3 nitrogen and oxygen atoms in total. The van der Waals surface area contributed by atoms with Gasteiger partial charge in [0.15, 0.2) is 0 Å². The highest BCUT2D eigenvalue weighted by atomic mass is 16.3. The molecular formula is C31H38N2O. The van der Waals surface area contributed by atoms with E-state index >= 15 is 0 Å². The van der Waals surface area contributed by atoms with E-state index in [-0.39, 0.29) is 0 Å². The number of hydrogen-bond donors (Lipinski definition) is 2. The van der Waals surface area contributed by atoms with Gasteiger partial charge in [-0.05, 0) is 97.6 Å². The van der Waals surface area contributed by atoms with Crippen LogP contribution in [0.25, 0.3) is 0 Å². The number of nitrogens with zero attached hydrogens (tertiary/aromatic N) is 1. The fraction of sp³-hybridized carbons (Fsp3) is 0.419. The molecule has 1 aliphatic carbocycles. The van der Waals surface area contributed by atoms with Crippen LogP contribution in [0, 0.1) is 0 Å². The maximum absolute atomic E-state index is 10.1. The van der Waals surface area contributed by atoms with Gasteiger partial charge in [-0.25, -0.2) is 0 Å². The number of benzene rings is 3. The molecule has 1 aliphatic heterocycles. The van der Waals surface area contributed by atoms with Crippen LogP contribution in [-0.2, 0) is 6.42 Å². The van der Waals surface area contributed by atoms with Gasteiger partial charge in [-0.2, -0.15) is 0 Å². The smallest absolute Gasteiger partial charge is 0.115 e. The molecule has 0 radical (unpaired) electrons. The molecule has 2 aliphatic rings. The number of nitrogens with one attached hydrogen (secondary N) is 1. The molecule has 1 heterocycles. The number of rotatable bonds is 3. The van der Waals surface area contributed by atoms with E-state index in [0.717, 1.165) is 39.0 Å². The van der Waals surface area contributed by atoms with Crippen molar-refractivity contribution in [3.8, 4) is 5.75 Å². The van der Waals surface area contributed by atoms with E-state index in [9.17, 15) is 5.11 Å². The lowest BCUT2D eigenvalue weighted by Gasteiger charge is -2.35. The summed E-state index contributed by atoms with van der Waals surface area (Å²) in [5.74, 6) is 1.14. The molecule has 0 saturated carbocycles. The third-order valence-electron chi connectivity index (χ3n) is 7.75. The van der Waals surface area contributed by atoms with Crippen molar-refractivity contribution in [2.75, 3.05) is 31.1 Å². The highest BCUT2D eigenvalue weighted by Gasteiger charge is 2.32. The van der Waals surface area contributed by atoms with Gasteiger partial charge in [0.05, 0.1) is 0 Å². The van der Waals surface area contributed by atoms with E-state index in [0.29, 0.717) is 17.6 Å². The van der Waals surface area contributed by atoms with Crippen molar-refractivity contribution in [3.63, 3.8) is 0 Å². The quantitative estimate of drug-likeness (QED) is 0.467. The largest absolute Gasteiger partial charge is 0.508 e. The SMILES string of the molecule is Oc1ccc2c(c1)CC[C@H](c1ccccc1)[C@@H]2c1ccc(N2CCCCCCNCCC2)cc1. The topological polar surface area (TPSA) is 35.5 Å². The van der Waals surface area contributed by atoms with Crippen molar-refractivity contribution in [2.45, 2.75) is 56.8 Å². The third kappa shape index (κ3) is 5.31. The van der Waals surface area contributed by atoms with Crippen LogP contribution in [0.2, 0.25) is 0 Å². The summed E-state index contributed by atoms with van der Waals surface area (Å²) in [6.45, 7) is 4.54. The van der Waals surface area contributed by atoms with Crippen LogP contribution >= 0.6 is 0 Å². The predicted molar refractivity (Wildman–Crippen MR) is 142 cm³/mol. The van der Waals surface area contributed by atoms with E-state index in [1.807, 2.05) is 12.1 Å². The summed E-state index contributed by atoms with van der Waals surface area (Å²) in [6, 6.07) is 26.4. The zero-order valence-electron chi connectivity index (χ0n) is 20.3. The monoisotopic (exact) mass is 454 g/mol. The van der Waals surface area contributed by atoms with Crippen molar-refractivity contribution in [3.05, 3.63) is 95.1 Å². The molecule has 0 unspecified atom stereocenters. The highest BCUT2D eigenvalue weighted by molar-refractivity contribution is 5.52. The first-order chi connectivity index (χ1) is 16.8. The van der Waals surface area contributed by atoms with Crippen LogP contribution in [0.15, 0.2) is 72.8 Å². The summed E-state index contributed by atoms with van der Waals surface area (Å²) in [6.07, 6.45) is 8.54. The Labute approximate surface area is 204 Å². The third-order valence-corrected chi connectivity index (χ3v) is 7.75. The zero-order valence-corrected chi connectivity index (χ0v) is 20.3. The summed E-state index contributed by atoms with van der Waals surface area (Å²) in [5, 5.41) is 13.7. The van der Waals surface area contributed by atoms with Crippen LogP contribution in [0.1, 0.15) is 72.6 Å². The van der Waals surface area contributed by atoms with Gasteiger partial charge < -0.3 is 15.3 Å². The molecule has 2 atom stereocenters. The van der Waals surface area contributed by atoms with Crippen LogP contribution in [0.4, 0.5) is 5.69 Å². The maximum Gasteiger partial charge on any atom is 0.115 e. The molecule has 5 rings (SSSR count).